The number of nitrogens with two attached hydrogens (primary N) is 1. The van der Waals surface area contributed by atoms with Crippen molar-refractivity contribution >= 4 is 18.3 Å². The summed E-state index contributed by atoms with van der Waals surface area (Å²) in [5.74, 6) is 0.597. The van der Waals surface area contributed by atoms with Gasteiger partial charge in [-0.1, -0.05) is 40.5 Å². The first-order valence-corrected chi connectivity index (χ1v) is 8.87. The highest BCUT2D eigenvalue weighted by Crippen LogP contribution is 2.28. The lowest BCUT2D eigenvalue weighted by Gasteiger charge is -2.21. The molecule has 1 aromatic carbocycles. The number of likely N-dealkylation sites (N-methyl/N-ethyl adjacent to an activating group) is 1. The topological polar surface area (TPSA) is 55.6 Å². The zero-order valence-electron chi connectivity index (χ0n) is 15.6. The van der Waals surface area contributed by atoms with Crippen molar-refractivity contribution in [2.45, 2.75) is 53.4 Å². The molecule has 5 heteroatoms. The minimum Gasteiger partial charge on any atom is -0.492 e. The first kappa shape index (κ1) is 22.7. The van der Waals surface area contributed by atoms with Gasteiger partial charge in [-0.25, -0.2) is 0 Å². The van der Waals surface area contributed by atoms with Crippen LogP contribution in [-0.2, 0) is 12.8 Å². The normalized spacial score (nSPS) is 10.5. The van der Waals surface area contributed by atoms with Crippen molar-refractivity contribution < 1.29 is 9.53 Å². The van der Waals surface area contributed by atoms with Gasteiger partial charge in [0, 0.05) is 12.1 Å². The van der Waals surface area contributed by atoms with Crippen LogP contribution in [0, 0.1) is 0 Å². The fraction of sp³-hybridized carbons (Fsp3) is 0.632. The van der Waals surface area contributed by atoms with E-state index in [2.05, 4.69) is 32.6 Å². The molecule has 0 radical (unpaired) electrons. The predicted molar refractivity (Wildman–Crippen MR) is 103 cm³/mol. The Morgan fingerprint density at radius 2 is 1.54 bits per heavy atom. The summed E-state index contributed by atoms with van der Waals surface area (Å²) in [7, 11) is 0. The number of hydrogen-bond donors (Lipinski definition) is 1. The van der Waals surface area contributed by atoms with E-state index in [1.54, 1.807) is 0 Å². The van der Waals surface area contributed by atoms with Crippen LogP contribution in [0.15, 0.2) is 12.1 Å². The summed E-state index contributed by atoms with van der Waals surface area (Å²) in [5.41, 5.74) is 8.28. The van der Waals surface area contributed by atoms with E-state index in [-0.39, 0.29) is 18.3 Å². The van der Waals surface area contributed by atoms with Gasteiger partial charge in [-0.15, -0.1) is 12.4 Å². The second-order valence-electron chi connectivity index (χ2n) is 5.86. The average Bonchev–Trinajstić information content (AvgIpc) is 2.53. The molecule has 0 unspecified atom stereocenters. The van der Waals surface area contributed by atoms with E-state index < -0.39 is 0 Å². The largest absolute Gasteiger partial charge is 0.492 e. The first-order chi connectivity index (χ1) is 11.1. The number of ether oxygens (including phenoxy) is 1. The Bertz CT molecular complexity index is 475. The van der Waals surface area contributed by atoms with Crippen molar-refractivity contribution in [3.8, 4) is 5.75 Å². The molecule has 0 saturated heterocycles. The third-order valence-electron chi connectivity index (χ3n) is 4.11. The molecule has 1 rings (SSSR count). The maximum absolute atomic E-state index is 11.6. The zero-order chi connectivity index (χ0) is 17.2. The third kappa shape index (κ3) is 6.70. The van der Waals surface area contributed by atoms with Crippen LogP contribution in [-0.4, -0.2) is 37.0 Å². The third-order valence-corrected chi connectivity index (χ3v) is 4.11. The van der Waals surface area contributed by atoms with Gasteiger partial charge in [-0.05, 0) is 49.2 Å². The molecular weight excluding hydrogens is 324 g/mol. The number of carbonyl (C=O) groups is 1. The average molecular weight is 357 g/mol. The van der Waals surface area contributed by atoms with Gasteiger partial charge >= 0.3 is 0 Å². The first-order valence-electron chi connectivity index (χ1n) is 8.87. The predicted octanol–water partition coefficient (Wildman–Crippen LogP) is 3.83. The standard InChI is InChI=1S/C19H32N2O2.ClH/c1-5-9-15-13-17(19(20)22)14-16(10-6-2)18(15)23-12-11-21(7-3)8-4;/h13-14H,5-12H2,1-4H3,(H2,20,22);1H. The number of benzene rings is 1. The minimum absolute atomic E-state index is 0. The Morgan fingerprint density at radius 1 is 1.04 bits per heavy atom. The van der Waals surface area contributed by atoms with Crippen molar-refractivity contribution in [3.05, 3.63) is 28.8 Å². The van der Waals surface area contributed by atoms with E-state index in [1.165, 1.54) is 0 Å². The van der Waals surface area contributed by atoms with Gasteiger partial charge in [0.2, 0.25) is 5.91 Å². The lowest BCUT2D eigenvalue weighted by Crippen LogP contribution is -2.28. The number of carbonyl (C=O) groups excluding carboxylic acids is 1. The van der Waals surface area contributed by atoms with E-state index in [4.69, 9.17) is 10.5 Å². The van der Waals surface area contributed by atoms with Gasteiger partial charge in [-0.3, -0.25) is 4.79 Å². The Labute approximate surface area is 153 Å². The molecule has 0 fully saturated rings. The molecule has 0 atom stereocenters. The minimum atomic E-state index is -0.366. The van der Waals surface area contributed by atoms with E-state index in [9.17, 15) is 4.79 Å². The van der Waals surface area contributed by atoms with E-state index in [0.717, 1.165) is 62.2 Å². The summed E-state index contributed by atoms with van der Waals surface area (Å²) in [6.07, 6.45) is 3.83. The molecule has 1 aromatic rings. The van der Waals surface area contributed by atoms with E-state index in [1.807, 2.05) is 12.1 Å². The number of hydrogen-bond acceptors (Lipinski definition) is 3. The molecule has 0 heterocycles. The summed E-state index contributed by atoms with van der Waals surface area (Å²) in [5, 5.41) is 0. The van der Waals surface area contributed by atoms with Crippen LogP contribution in [0.4, 0.5) is 0 Å². The fourth-order valence-electron chi connectivity index (χ4n) is 2.81. The molecule has 138 valence electrons. The van der Waals surface area contributed by atoms with Crippen LogP contribution >= 0.6 is 12.4 Å². The Kier molecular flexibility index (Phi) is 11.5. The van der Waals surface area contributed by atoms with Crippen molar-refractivity contribution in [2.75, 3.05) is 26.2 Å². The van der Waals surface area contributed by atoms with Gasteiger partial charge in [0.05, 0.1) is 0 Å². The van der Waals surface area contributed by atoms with Crippen LogP contribution in [0.5, 0.6) is 5.75 Å². The van der Waals surface area contributed by atoms with Gasteiger partial charge in [-0.2, -0.15) is 0 Å². The van der Waals surface area contributed by atoms with E-state index >= 15 is 0 Å². The van der Waals surface area contributed by atoms with Crippen LogP contribution in [0.3, 0.4) is 0 Å². The molecule has 1 amide bonds. The molecule has 0 aliphatic rings. The Balaban J connectivity index is 0.00000529. The summed E-state index contributed by atoms with van der Waals surface area (Å²) in [6.45, 7) is 12.2. The fourth-order valence-corrected chi connectivity index (χ4v) is 2.81. The second-order valence-corrected chi connectivity index (χ2v) is 5.86. The quantitative estimate of drug-likeness (QED) is 0.655. The summed E-state index contributed by atoms with van der Waals surface area (Å²) in [6, 6.07) is 3.80. The van der Waals surface area contributed by atoms with Crippen LogP contribution in [0.25, 0.3) is 0 Å². The number of nitrogens with zero attached hydrogens (tertiary/aromatic N) is 1. The van der Waals surface area contributed by atoms with Gasteiger partial charge in [0.25, 0.3) is 0 Å². The summed E-state index contributed by atoms with van der Waals surface area (Å²) >= 11 is 0. The monoisotopic (exact) mass is 356 g/mol. The maximum atomic E-state index is 11.6. The molecule has 2 N–H and O–H groups in total. The van der Waals surface area contributed by atoms with Gasteiger partial charge in [0.15, 0.2) is 0 Å². The molecule has 24 heavy (non-hydrogen) atoms. The highest BCUT2D eigenvalue weighted by atomic mass is 35.5. The van der Waals surface area contributed by atoms with Crippen LogP contribution < -0.4 is 10.5 Å². The van der Waals surface area contributed by atoms with Crippen LogP contribution in [0.1, 0.15) is 62.0 Å². The molecule has 0 aliphatic heterocycles. The smallest absolute Gasteiger partial charge is 0.248 e. The number of rotatable bonds is 11. The van der Waals surface area contributed by atoms with Crippen molar-refractivity contribution in [1.29, 1.82) is 0 Å². The molecule has 0 bridgehead atoms. The number of aryl methyl sites for hydroxylation is 2. The van der Waals surface area contributed by atoms with E-state index in [0.29, 0.717) is 12.2 Å². The van der Waals surface area contributed by atoms with Crippen molar-refractivity contribution in [2.24, 2.45) is 5.73 Å². The second kappa shape index (κ2) is 12.2. The van der Waals surface area contributed by atoms with Gasteiger partial charge in [0.1, 0.15) is 12.4 Å². The molecule has 0 spiro atoms. The summed E-state index contributed by atoms with van der Waals surface area (Å²) in [4.78, 5) is 13.9. The highest BCUT2D eigenvalue weighted by Gasteiger charge is 2.14. The van der Waals surface area contributed by atoms with Crippen molar-refractivity contribution in [1.82, 2.24) is 4.90 Å². The van der Waals surface area contributed by atoms with Crippen LogP contribution in [0.2, 0.25) is 0 Å². The highest BCUT2D eigenvalue weighted by molar-refractivity contribution is 5.93. The number of halogens is 1. The molecule has 0 aromatic heterocycles. The summed E-state index contributed by atoms with van der Waals surface area (Å²) < 4.78 is 6.15. The maximum Gasteiger partial charge on any atom is 0.248 e. The molecule has 0 aliphatic carbocycles. The van der Waals surface area contributed by atoms with Gasteiger partial charge < -0.3 is 15.4 Å². The lowest BCUT2D eigenvalue weighted by molar-refractivity contribution is 0.1000. The molecule has 4 nitrogen and oxygen atoms in total. The Morgan fingerprint density at radius 3 is 1.92 bits per heavy atom. The molecule has 0 saturated carbocycles. The van der Waals surface area contributed by atoms with Crippen molar-refractivity contribution in [3.63, 3.8) is 0 Å². The SMILES string of the molecule is CCCc1cc(C(N)=O)cc(CCC)c1OCCN(CC)CC.Cl. The molecular formula is C19H33ClN2O2. The Hall–Kier alpha value is -1.26. The number of primary amides is 1. The number of amides is 1. The zero-order valence-corrected chi connectivity index (χ0v) is 16.4. The lowest BCUT2D eigenvalue weighted by atomic mass is 9.98.